The minimum absolute atomic E-state index is 0.122. The summed E-state index contributed by atoms with van der Waals surface area (Å²) in [5.74, 6) is -0.0161. The van der Waals surface area contributed by atoms with Crippen LogP contribution in [-0.2, 0) is 16.0 Å². The molecule has 3 aromatic carbocycles. The fourth-order valence-corrected chi connectivity index (χ4v) is 3.57. The summed E-state index contributed by atoms with van der Waals surface area (Å²) in [5, 5.41) is 2.73. The van der Waals surface area contributed by atoms with Crippen molar-refractivity contribution in [1.29, 1.82) is 0 Å². The number of nitrogens with one attached hydrogen (secondary N) is 1. The molecule has 0 unspecified atom stereocenters. The van der Waals surface area contributed by atoms with Crippen LogP contribution in [0, 0.1) is 6.92 Å². The predicted molar refractivity (Wildman–Crippen MR) is 125 cm³/mol. The Bertz CT molecular complexity index is 1200. The topological polar surface area (TPSA) is 90.9 Å². The zero-order valence-electron chi connectivity index (χ0n) is 18.8. The van der Waals surface area contributed by atoms with Crippen LogP contribution in [0.15, 0.2) is 66.7 Å². The molecule has 0 saturated carbocycles. The van der Waals surface area contributed by atoms with Crippen LogP contribution in [0.5, 0.6) is 11.5 Å². The van der Waals surface area contributed by atoms with Gasteiger partial charge in [-0.1, -0.05) is 54.1 Å². The molecule has 0 aliphatic carbocycles. The first-order valence-corrected chi connectivity index (χ1v) is 11.0. The van der Waals surface area contributed by atoms with Gasteiger partial charge in [-0.05, 0) is 37.1 Å². The second kappa shape index (κ2) is 10.7. The van der Waals surface area contributed by atoms with Crippen molar-refractivity contribution in [2.75, 3.05) is 26.4 Å². The first-order chi connectivity index (χ1) is 16.5. The summed E-state index contributed by atoms with van der Waals surface area (Å²) in [6.45, 7) is 2.91. The number of esters is 1. The number of carbonyl (C=O) groups is 3. The van der Waals surface area contributed by atoms with E-state index in [9.17, 15) is 14.4 Å². The van der Waals surface area contributed by atoms with E-state index >= 15 is 0 Å². The first-order valence-electron chi connectivity index (χ1n) is 11.0. The zero-order valence-corrected chi connectivity index (χ0v) is 18.8. The van der Waals surface area contributed by atoms with Crippen molar-refractivity contribution in [3.05, 3.63) is 94.5 Å². The molecule has 3 aromatic rings. The number of hydrogen-bond acceptors (Lipinski definition) is 6. The van der Waals surface area contributed by atoms with E-state index in [-0.39, 0.29) is 16.9 Å². The number of ether oxygens (including phenoxy) is 3. The summed E-state index contributed by atoms with van der Waals surface area (Å²) in [6, 6.07) is 19.2. The molecule has 4 rings (SSSR count). The maximum Gasteiger partial charge on any atom is 0.339 e. The van der Waals surface area contributed by atoms with Crippen LogP contribution < -0.4 is 14.8 Å². The highest BCUT2D eigenvalue weighted by atomic mass is 16.6. The lowest BCUT2D eigenvalue weighted by Crippen LogP contribution is -2.30. The minimum Gasteiger partial charge on any atom is -0.486 e. The van der Waals surface area contributed by atoms with Gasteiger partial charge in [0.25, 0.3) is 5.91 Å². The summed E-state index contributed by atoms with van der Waals surface area (Å²) in [4.78, 5) is 37.7. The molecule has 0 spiro atoms. The SMILES string of the molecule is Cc1ccc(C(=O)c2ccccc2C(=O)OCC(=O)NCCc2ccc3c(c2)OCCO3)cc1. The van der Waals surface area contributed by atoms with Gasteiger partial charge >= 0.3 is 5.97 Å². The van der Waals surface area contributed by atoms with E-state index in [0.29, 0.717) is 43.2 Å². The average Bonchev–Trinajstić information content (AvgIpc) is 2.87. The minimum atomic E-state index is -0.724. The molecular weight excluding hydrogens is 434 g/mol. The number of rotatable bonds is 8. The van der Waals surface area contributed by atoms with Crippen LogP contribution in [0.2, 0.25) is 0 Å². The number of carbonyl (C=O) groups excluding carboxylic acids is 3. The van der Waals surface area contributed by atoms with Crippen molar-refractivity contribution in [3.8, 4) is 11.5 Å². The lowest BCUT2D eigenvalue weighted by Gasteiger charge is -2.18. The van der Waals surface area contributed by atoms with Gasteiger partial charge in [0.15, 0.2) is 23.9 Å². The second-order valence-corrected chi connectivity index (χ2v) is 7.89. The normalized spacial score (nSPS) is 12.0. The van der Waals surface area contributed by atoms with Crippen molar-refractivity contribution in [1.82, 2.24) is 5.32 Å². The molecule has 1 aliphatic heterocycles. The fraction of sp³-hybridized carbons (Fsp3) is 0.222. The fourth-order valence-electron chi connectivity index (χ4n) is 3.57. The average molecular weight is 459 g/mol. The smallest absolute Gasteiger partial charge is 0.339 e. The highest BCUT2D eigenvalue weighted by molar-refractivity contribution is 6.14. The maximum absolute atomic E-state index is 12.9. The Hall–Kier alpha value is -4.13. The van der Waals surface area contributed by atoms with Gasteiger partial charge in [-0.15, -0.1) is 0 Å². The molecule has 1 aliphatic rings. The summed E-state index contributed by atoms with van der Waals surface area (Å²) in [7, 11) is 0. The molecule has 0 atom stereocenters. The summed E-state index contributed by atoms with van der Waals surface area (Å²) in [6.07, 6.45) is 0.588. The van der Waals surface area contributed by atoms with Gasteiger partial charge in [-0.25, -0.2) is 4.79 Å². The summed E-state index contributed by atoms with van der Waals surface area (Å²) < 4.78 is 16.2. The van der Waals surface area contributed by atoms with Gasteiger partial charge < -0.3 is 19.5 Å². The molecule has 7 nitrogen and oxygen atoms in total. The zero-order chi connectivity index (χ0) is 23.9. The molecule has 174 valence electrons. The number of benzene rings is 3. The third-order valence-electron chi connectivity index (χ3n) is 5.38. The van der Waals surface area contributed by atoms with Gasteiger partial charge in [-0.2, -0.15) is 0 Å². The van der Waals surface area contributed by atoms with Gasteiger partial charge in [0.2, 0.25) is 0 Å². The van der Waals surface area contributed by atoms with Crippen molar-refractivity contribution in [2.45, 2.75) is 13.3 Å². The standard InChI is InChI=1S/C27H25NO6/c1-18-6-9-20(10-7-18)26(30)21-4-2-3-5-22(21)27(31)34-17-25(29)28-13-12-19-8-11-23-24(16-19)33-15-14-32-23/h2-11,16H,12-15,17H2,1H3,(H,28,29). The summed E-state index contributed by atoms with van der Waals surface area (Å²) >= 11 is 0. The number of hydrogen-bond donors (Lipinski definition) is 1. The van der Waals surface area contributed by atoms with Crippen molar-refractivity contribution >= 4 is 17.7 Å². The lowest BCUT2D eigenvalue weighted by molar-refractivity contribution is -0.124. The molecule has 0 radical (unpaired) electrons. The molecule has 7 heteroatoms. The van der Waals surface area contributed by atoms with Crippen LogP contribution >= 0.6 is 0 Å². The summed E-state index contributed by atoms with van der Waals surface area (Å²) in [5.41, 5.74) is 2.85. The number of fused-ring (bicyclic) bond motifs is 1. The quantitative estimate of drug-likeness (QED) is 0.410. The Morgan fingerprint density at radius 1 is 0.882 bits per heavy atom. The van der Waals surface area contributed by atoms with E-state index in [1.54, 1.807) is 30.3 Å². The highest BCUT2D eigenvalue weighted by Gasteiger charge is 2.20. The first kappa shape index (κ1) is 23.0. The van der Waals surface area contributed by atoms with E-state index in [4.69, 9.17) is 14.2 Å². The van der Waals surface area contributed by atoms with E-state index in [1.165, 1.54) is 6.07 Å². The monoisotopic (exact) mass is 459 g/mol. The van der Waals surface area contributed by atoms with Crippen molar-refractivity contribution in [2.24, 2.45) is 0 Å². The third kappa shape index (κ3) is 5.61. The van der Waals surface area contributed by atoms with Crippen molar-refractivity contribution < 1.29 is 28.6 Å². The lowest BCUT2D eigenvalue weighted by atomic mass is 9.98. The van der Waals surface area contributed by atoms with Gasteiger partial charge in [0, 0.05) is 17.7 Å². The number of ketones is 1. The molecule has 1 heterocycles. The van der Waals surface area contributed by atoms with Crippen LogP contribution in [0.25, 0.3) is 0 Å². The van der Waals surface area contributed by atoms with E-state index in [0.717, 1.165) is 11.1 Å². The predicted octanol–water partition coefficient (Wildman–Crippen LogP) is 3.51. The third-order valence-corrected chi connectivity index (χ3v) is 5.38. The van der Waals surface area contributed by atoms with Gasteiger partial charge in [0.1, 0.15) is 13.2 Å². The van der Waals surface area contributed by atoms with E-state index < -0.39 is 18.5 Å². The van der Waals surface area contributed by atoms with Crippen molar-refractivity contribution in [3.63, 3.8) is 0 Å². The Morgan fingerprint density at radius 3 is 2.35 bits per heavy atom. The molecule has 34 heavy (non-hydrogen) atoms. The number of amides is 1. The van der Waals surface area contributed by atoms with Crippen LogP contribution in [0.1, 0.15) is 37.4 Å². The van der Waals surface area contributed by atoms with E-state index in [1.807, 2.05) is 37.3 Å². The molecule has 0 saturated heterocycles. The Morgan fingerprint density at radius 2 is 1.59 bits per heavy atom. The van der Waals surface area contributed by atoms with Gasteiger partial charge in [0.05, 0.1) is 5.56 Å². The van der Waals surface area contributed by atoms with E-state index in [2.05, 4.69) is 5.32 Å². The highest BCUT2D eigenvalue weighted by Crippen LogP contribution is 2.30. The molecule has 1 N–H and O–H groups in total. The largest absolute Gasteiger partial charge is 0.486 e. The molecule has 0 aromatic heterocycles. The molecule has 1 amide bonds. The van der Waals surface area contributed by atoms with Gasteiger partial charge in [-0.3, -0.25) is 9.59 Å². The number of aryl methyl sites for hydroxylation is 1. The second-order valence-electron chi connectivity index (χ2n) is 7.89. The van der Waals surface area contributed by atoms with Crippen LogP contribution in [0.3, 0.4) is 0 Å². The Labute approximate surface area is 197 Å². The maximum atomic E-state index is 12.9. The molecule has 0 bridgehead atoms. The Balaban J connectivity index is 1.29. The van der Waals surface area contributed by atoms with Crippen LogP contribution in [-0.4, -0.2) is 44.0 Å². The van der Waals surface area contributed by atoms with Crippen LogP contribution in [0.4, 0.5) is 0 Å². The molecule has 0 fully saturated rings. The molecular formula is C27H25NO6. The Kier molecular flexibility index (Phi) is 7.22.